The molecule has 2 rings (SSSR count). The number of benzene rings is 2. The number of hydrogen-bond donors (Lipinski definition) is 1. The molecule has 2 aromatic rings. The van der Waals surface area contributed by atoms with Gasteiger partial charge in [-0.2, -0.15) is 0 Å². The van der Waals surface area contributed by atoms with Crippen molar-refractivity contribution in [3.63, 3.8) is 0 Å². The van der Waals surface area contributed by atoms with E-state index in [1.165, 1.54) is 17.0 Å². The van der Waals surface area contributed by atoms with Gasteiger partial charge in [-0.1, -0.05) is 18.2 Å². The Hall–Kier alpha value is -2.36. The van der Waals surface area contributed by atoms with Gasteiger partial charge in [0.15, 0.2) is 0 Å². The molecular formula is C14H12FNO2. The van der Waals surface area contributed by atoms with E-state index in [1.807, 2.05) is 6.07 Å². The van der Waals surface area contributed by atoms with E-state index < -0.39 is 11.7 Å². The van der Waals surface area contributed by atoms with Crippen molar-refractivity contribution in [1.29, 1.82) is 0 Å². The van der Waals surface area contributed by atoms with Gasteiger partial charge in [-0.25, -0.2) is 4.39 Å². The summed E-state index contributed by atoms with van der Waals surface area (Å²) >= 11 is 0. The third kappa shape index (κ3) is 2.32. The summed E-state index contributed by atoms with van der Waals surface area (Å²) in [4.78, 5) is 13.4. The average Bonchev–Trinajstić information content (AvgIpc) is 2.38. The summed E-state index contributed by atoms with van der Waals surface area (Å²) in [7, 11) is 1.57. The maximum atomic E-state index is 13.6. The smallest absolute Gasteiger partial charge is 0.260 e. The van der Waals surface area contributed by atoms with E-state index in [0.717, 1.165) is 6.07 Å². The first kappa shape index (κ1) is 12.1. The molecule has 1 N–H and O–H groups in total. The predicted octanol–water partition coefficient (Wildman–Crippen LogP) is 2.81. The second-order valence-corrected chi connectivity index (χ2v) is 3.86. The van der Waals surface area contributed by atoms with Crippen molar-refractivity contribution >= 4 is 11.6 Å². The fourth-order valence-corrected chi connectivity index (χ4v) is 1.63. The lowest BCUT2D eigenvalue weighted by molar-refractivity contribution is 0.0989. The van der Waals surface area contributed by atoms with Crippen LogP contribution in [0, 0.1) is 5.82 Å². The third-order valence-electron chi connectivity index (χ3n) is 2.63. The van der Waals surface area contributed by atoms with Crippen LogP contribution in [0.3, 0.4) is 0 Å². The Morgan fingerprint density at radius 1 is 1.17 bits per heavy atom. The number of halogens is 1. The highest BCUT2D eigenvalue weighted by molar-refractivity contribution is 6.05. The van der Waals surface area contributed by atoms with Gasteiger partial charge in [0.25, 0.3) is 5.91 Å². The second kappa shape index (κ2) is 4.87. The lowest BCUT2D eigenvalue weighted by Gasteiger charge is -2.17. The number of nitrogens with zero attached hydrogens (tertiary/aromatic N) is 1. The lowest BCUT2D eigenvalue weighted by atomic mass is 10.1. The second-order valence-electron chi connectivity index (χ2n) is 3.86. The number of aromatic hydroxyl groups is 1. The highest BCUT2D eigenvalue weighted by Crippen LogP contribution is 2.19. The highest BCUT2D eigenvalue weighted by Gasteiger charge is 2.17. The molecule has 2 aromatic carbocycles. The Morgan fingerprint density at radius 2 is 1.83 bits per heavy atom. The zero-order chi connectivity index (χ0) is 13.1. The van der Waals surface area contributed by atoms with Gasteiger partial charge >= 0.3 is 0 Å². The summed E-state index contributed by atoms with van der Waals surface area (Å²) in [5.41, 5.74) is 0.606. The van der Waals surface area contributed by atoms with Crippen molar-refractivity contribution in [2.45, 2.75) is 0 Å². The summed E-state index contributed by atoms with van der Waals surface area (Å²) in [5.74, 6) is -1.40. The van der Waals surface area contributed by atoms with Gasteiger partial charge in [0.1, 0.15) is 11.6 Å². The fraction of sp³-hybridized carbons (Fsp3) is 0.0714. The van der Waals surface area contributed by atoms with Crippen LogP contribution in [0.25, 0.3) is 0 Å². The number of hydrogen-bond acceptors (Lipinski definition) is 2. The molecule has 0 bridgehead atoms. The molecule has 0 radical (unpaired) electrons. The van der Waals surface area contributed by atoms with Gasteiger partial charge in [-0.05, 0) is 24.3 Å². The van der Waals surface area contributed by atoms with E-state index in [1.54, 1.807) is 31.3 Å². The van der Waals surface area contributed by atoms with Crippen molar-refractivity contribution in [3.8, 4) is 5.75 Å². The van der Waals surface area contributed by atoms with Crippen LogP contribution in [-0.2, 0) is 0 Å². The van der Waals surface area contributed by atoms with Crippen LogP contribution >= 0.6 is 0 Å². The standard InChI is InChI=1S/C14H12FNO2/c1-16(10-5-3-2-4-6-10)14(18)12-8-7-11(17)9-13(12)15/h2-9,17H,1H3. The fourth-order valence-electron chi connectivity index (χ4n) is 1.63. The van der Waals surface area contributed by atoms with Crippen molar-refractivity contribution < 1.29 is 14.3 Å². The quantitative estimate of drug-likeness (QED) is 0.883. The minimum Gasteiger partial charge on any atom is -0.508 e. The topological polar surface area (TPSA) is 40.5 Å². The van der Waals surface area contributed by atoms with Gasteiger partial charge in [-0.3, -0.25) is 4.79 Å². The van der Waals surface area contributed by atoms with Crippen LogP contribution in [0.1, 0.15) is 10.4 Å². The number of anilines is 1. The molecule has 0 saturated carbocycles. The molecule has 0 saturated heterocycles. The first-order valence-electron chi connectivity index (χ1n) is 5.41. The summed E-state index contributed by atoms with van der Waals surface area (Å²) in [6, 6.07) is 12.4. The minimum atomic E-state index is -0.734. The van der Waals surface area contributed by atoms with Gasteiger partial charge in [-0.15, -0.1) is 0 Å². The zero-order valence-corrected chi connectivity index (χ0v) is 9.80. The SMILES string of the molecule is CN(C(=O)c1ccc(O)cc1F)c1ccccc1. The monoisotopic (exact) mass is 245 g/mol. The molecule has 0 heterocycles. The summed E-state index contributed by atoms with van der Waals surface area (Å²) in [6.07, 6.45) is 0. The summed E-state index contributed by atoms with van der Waals surface area (Å²) in [6.45, 7) is 0. The molecule has 3 nitrogen and oxygen atoms in total. The zero-order valence-electron chi connectivity index (χ0n) is 9.80. The molecule has 0 aliphatic rings. The molecular weight excluding hydrogens is 233 g/mol. The van der Waals surface area contributed by atoms with Crippen molar-refractivity contribution in [1.82, 2.24) is 0 Å². The molecule has 18 heavy (non-hydrogen) atoms. The molecule has 92 valence electrons. The Bertz CT molecular complexity index is 569. The molecule has 0 aliphatic heterocycles. The van der Waals surface area contributed by atoms with Crippen molar-refractivity contribution in [2.75, 3.05) is 11.9 Å². The first-order valence-corrected chi connectivity index (χ1v) is 5.41. The normalized spacial score (nSPS) is 10.1. The van der Waals surface area contributed by atoms with Gasteiger partial charge in [0.2, 0.25) is 0 Å². The maximum absolute atomic E-state index is 13.6. The van der Waals surface area contributed by atoms with Crippen molar-refractivity contribution in [3.05, 3.63) is 59.9 Å². The molecule has 0 spiro atoms. The minimum absolute atomic E-state index is 0.0702. The third-order valence-corrected chi connectivity index (χ3v) is 2.63. The number of phenols is 1. The van der Waals surface area contributed by atoms with Crippen LogP contribution in [-0.4, -0.2) is 18.1 Å². The van der Waals surface area contributed by atoms with Crippen molar-refractivity contribution in [2.24, 2.45) is 0 Å². The number of carbonyl (C=O) groups is 1. The summed E-state index contributed by atoms with van der Waals surface area (Å²) in [5, 5.41) is 9.11. The maximum Gasteiger partial charge on any atom is 0.260 e. The molecule has 1 amide bonds. The summed E-state index contributed by atoms with van der Waals surface area (Å²) < 4.78 is 13.6. The number of rotatable bonds is 2. The number of carbonyl (C=O) groups excluding carboxylic acids is 1. The van der Waals surface area contributed by atoms with Crippen LogP contribution in [0.4, 0.5) is 10.1 Å². The largest absolute Gasteiger partial charge is 0.508 e. The molecule has 0 atom stereocenters. The molecule has 0 aromatic heterocycles. The molecule has 4 heteroatoms. The number of para-hydroxylation sites is 1. The average molecular weight is 245 g/mol. The van der Waals surface area contributed by atoms with E-state index in [4.69, 9.17) is 5.11 Å². The van der Waals surface area contributed by atoms with E-state index in [2.05, 4.69) is 0 Å². The Morgan fingerprint density at radius 3 is 2.44 bits per heavy atom. The first-order chi connectivity index (χ1) is 8.59. The van der Waals surface area contributed by atoms with Crippen LogP contribution in [0.2, 0.25) is 0 Å². The van der Waals surface area contributed by atoms with Crippen LogP contribution in [0.5, 0.6) is 5.75 Å². The van der Waals surface area contributed by atoms with Gasteiger partial charge in [0, 0.05) is 18.8 Å². The van der Waals surface area contributed by atoms with Crippen LogP contribution < -0.4 is 4.90 Å². The van der Waals surface area contributed by atoms with Gasteiger partial charge < -0.3 is 10.0 Å². The number of phenolic OH excluding ortho intramolecular Hbond substituents is 1. The predicted molar refractivity (Wildman–Crippen MR) is 67.2 cm³/mol. The molecule has 0 aliphatic carbocycles. The Kier molecular flexibility index (Phi) is 3.28. The number of amides is 1. The van der Waals surface area contributed by atoms with E-state index in [0.29, 0.717) is 5.69 Å². The van der Waals surface area contributed by atoms with Crippen LogP contribution in [0.15, 0.2) is 48.5 Å². The molecule has 0 unspecified atom stereocenters. The van der Waals surface area contributed by atoms with Gasteiger partial charge in [0.05, 0.1) is 5.56 Å². The Balaban J connectivity index is 2.32. The molecule has 0 fully saturated rings. The van der Waals surface area contributed by atoms with E-state index in [9.17, 15) is 9.18 Å². The Labute approximate surface area is 104 Å². The lowest BCUT2D eigenvalue weighted by Crippen LogP contribution is -2.26. The van der Waals surface area contributed by atoms with E-state index in [-0.39, 0.29) is 11.3 Å². The van der Waals surface area contributed by atoms with E-state index >= 15 is 0 Å². The highest BCUT2D eigenvalue weighted by atomic mass is 19.1.